The third-order valence-electron chi connectivity index (χ3n) is 4.49. The van der Waals surface area contributed by atoms with Crippen molar-refractivity contribution >= 4 is 16.8 Å². The zero-order valence-corrected chi connectivity index (χ0v) is 16.1. The zero-order chi connectivity index (χ0) is 16.5. The Morgan fingerprint density at radius 3 is 2.36 bits per heavy atom. The van der Waals surface area contributed by atoms with Gasteiger partial charge in [-0.1, -0.05) is 57.9 Å². The van der Waals surface area contributed by atoms with Crippen molar-refractivity contribution in [1.29, 1.82) is 0 Å². The number of hydrogen-bond acceptors (Lipinski definition) is 3. The molecular weight excluding hydrogens is 288 g/mol. The van der Waals surface area contributed by atoms with Gasteiger partial charge in [0.15, 0.2) is 0 Å². The first-order valence-corrected chi connectivity index (χ1v) is 9.62. The first-order valence-electron chi connectivity index (χ1n) is 8.80. The fourth-order valence-electron chi connectivity index (χ4n) is 2.83. The van der Waals surface area contributed by atoms with Crippen molar-refractivity contribution in [2.75, 3.05) is 7.05 Å². The van der Waals surface area contributed by atoms with Crippen molar-refractivity contribution < 1.29 is 0 Å². The van der Waals surface area contributed by atoms with E-state index in [1.165, 1.54) is 53.4 Å². The number of thioether (sulfide) groups is 1. The Kier molecular flexibility index (Phi) is 8.92. The van der Waals surface area contributed by atoms with Gasteiger partial charge in [-0.05, 0) is 44.6 Å². The molecule has 0 aromatic heterocycles. The zero-order valence-electron chi connectivity index (χ0n) is 15.3. The molecular formula is C19H34N2S. The Morgan fingerprint density at radius 2 is 1.91 bits per heavy atom. The SMILES string of the molecule is C/C=C(/N/C(S/C(=N\C)C1CCCCC1)=C(\C)CC)C(C)C. The summed E-state index contributed by atoms with van der Waals surface area (Å²) in [4.78, 5) is 4.63. The van der Waals surface area contributed by atoms with Crippen LogP contribution in [-0.2, 0) is 0 Å². The van der Waals surface area contributed by atoms with Crippen LogP contribution in [0.25, 0.3) is 0 Å². The molecule has 1 aliphatic rings. The Bertz CT molecular complexity index is 427. The largest absolute Gasteiger partial charge is 0.353 e. The van der Waals surface area contributed by atoms with Crippen LogP contribution >= 0.6 is 11.8 Å². The quantitative estimate of drug-likeness (QED) is 0.470. The standard InChI is InChI=1S/C19H34N2S/c1-7-15(5)18(21-17(8-2)14(3)4)22-19(20-6)16-12-10-9-11-13-16/h8,14,16,21H,7,9-13H2,1-6H3/b17-8+,18-15-,20-19-. The van der Waals surface area contributed by atoms with Gasteiger partial charge in [-0.3, -0.25) is 4.99 Å². The van der Waals surface area contributed by atoms with Crippen LogP contribution < -0.4 is 5.32 Å². The van der Waals surface area contributed by atoms with Crippen molar-refractivity contribution in [2.45, 2.75) is 73.1 Å². The third-order valence-corrected chi connectivity index (χ3v) is 5.87. The molecule has 0 aromatic rings. The van der Waals surface area contributed by atoms with Gasteiger partial charge in [0.2, 0.25) is 0 Å². The van der Waals surface area contributed by atoms with Crippen molar-refractivity contribution in [1.82, 2.24) is 5.32 Å². The smallest absolute Gasteiger partial charge is 0.0772 e. The van der Waals surface area contributed by atoms with Crippen LogP contribution in [0.4, 0.5) is 0 Å². The van der Waals surface area contributed by atoms with E-state index in [0.29, 0.717) is 11.8 Å². The Labute approximate surface area is 141 Å². The van der Waals surface area contributed by atoms with E-state index in [4.69, 9.17) is 0 Å². The lowest BCUT2D eigenvalue weighted by Gasteiger charge is -2.25. The second-order valence-electron chi connectivity index (χ2n) is 6.49. The summed E-state index contributed by atoms with van der Waals surface area (Å²) in [7, 11) is 1.95. The number of aliphatic imine (C=N–C) groups is 1. The summed E-state index contributed by atoms with van der Waals surface area (Å²) >= 11 is 1.87. The predicted octanol–water partition coefficient (Wildman–Crippen LogP) is 6.12. The summed E-state index contributed by atoms with van der Waals surface area (Å²) in [5, 5.41) is 6.28. The average molecular weight is 323 g/mol. The highest BCUT2D eigenvalue weighted by atomic mass is 32.2. The van der Waals surface area contributed by atoms with E-state index >= 15 is 0 Å². The molecule has 0 heterocycles. The van der Waals surface area contributed by atoms with Crippen LogP contribution in [0.5, 0.6) is 0 Å². The second-order valence-corrected chi connectivity index (χ2v) is 7.52. The number of nitrogens with zero attached hydrogens (tertiary/aromatic N) is 1. The van der Waals surface area contributed by atoms with E-state index < -0.39 is 0 Å². The van der Waals surface area contributed by atoms with Gasteiger partial charge in [-0.2, -0.15) is 0 Å². The van der Waals surface area contributed by atoms with E-state index in [1.807, 2.05) is 18.8 Å². The Morgan fingerprint density at radius 1 is 1.27 bits per heavy atom. The molecule has 0 radical (unpaired) electrons. The monoisotopic (exact) mass is 322 g/mol. The molecule has 0 aliphatic heterocycles. The number of hydrogen-bond donors (Lipinski definition) is 1. The molecule has 2 nitrogen and oxygen atoms in total. The molecule has 22 heavy (non-hydrogen) atoms. The lowest BCUT2D eigenvalue weighted by molar-refractivity contribution is 0.443. The van der Waals surface area contributed by atoms with Gasteiger partial charge in [-0.15, -0.1) is 0 Å². The molecule has 0 aromatic carbocycles. The van der Waals surface area contributed by atoms with Gasteiger partial charge >= 0.3 is 0 Å². The van der Waals surface area contributed by atoms with Crippen LogP contribution in [-0.4, -0.2) is 12.1 Å². The highest BCUT2D eigenvalue weighted by Crippen LogP contribution is 2.33. The summed E-state index contributed by atoms with van der Waals surface area (Å²) in [6.07, 6.45) is 9.98. The molecule has 1 aliphatic carbocycles. The maximum atomic E-state index is 4.63. The minimum absolute atomic E-state index is 0.516. The topological polar surface area (TPSA) is 24.4 Å². The van der Waals surface area contributed by atoms with Crippen LogP contribution in [0, 0.1) is 11.8 Å². The lowest BCUT2D eigenvalue weighted by atomic mass is 9.90. The van der Waals surface area contributed by atoms with Gasteiger partial charge < -0.3 is 5.32 Å². The number of nitrogens with one attached hydrogen (secondary N) is 1. The van der Waals surface area contributed by atoms with E-state index in [2.05, 4.69) is 51.0 Å². The molecule has 1 N–H and O–H groups in total. The molecule has 0 bridgehead atoms. The number of allylic oxidation sites excluding steroid dienone is 3. The molecule has 0 atom stereocenters. The average Bonchev–Trinajstić information content (AvgIpc) is 2.55. The first kappa shape index (κ1) is 19.3. The molecule has 126 valence electrons. The second kappa shape index (κ2) is 10.1. The highest BCUT2D eigenvalue weighted by molar-refractivity contribution is 8.17. The first-order chi connectivity index (χ1) is 10.5. The van der Waals surface area contributed by atoms with Crippen LogP contribution in [0.3, 0.4) is 0 Å². The molecule has 1 saturated carbocycles. The molecule has 0 spiro atoms. The lowest BCUT2D eigenvalue weighted by Crippen LogP contribution is -2.21. The van der Waals surface area contributed by atoms with Crippen molar-refractivity contribution in [3.8, 4) is 0 Å². The third kappa shape index (κ3) is 5.83. The Hall–Kier alpha value is -0.700. The van der Waals surface area contributed by atoms with E-state index in [0.717, 1.165) is 6.42 Å². The van der Waals surface area contributed by atoms with Crippen molar-refractivity contribution in [3.05, 3.63) is 22.4 Å². The fourth-order valence-corrected chi connectivity index (χ4v) is 4.02. The van der Waals surface area contributed by atoms with E-state index in [1.54, 1.807) is 0 Å². The molecule has 0 amide bonds. The summed E-state index contributed by atoms with van der Waals surface area (Å²) in [5.41, 5.74) is 2.72. The minimum atomic E-state index is 0.516. The van der Waals surface area contributed by atoms with Gasteiger partial charge in [0.1, 0.15) is 0 Å². The number of rotatable bonds is 6. The molecule has 1 rings (SSSR count). The summed E-state index contributed by atoms with van der Waals surface area (Å²) in [5.74, 6) is 1.18. The van der Waals surface area contributed by atoms with Gasteiger partial charge in [0.25, 0.3) is 0 Å². The maximum Gasteiger partial charge on any atom is 0.0772 e. The van der Waals surface area contributed by atoms with Crippen LogP contribution in [0.1, 0.15) is 73.1 Å². The predicted molar refractivity (Wildman–Crippen MR) is 102 cm³/mol. The molecule has 3 heteroatoms. The van der Waals surface area contributed by atoms with Crippen molar-refractivity contribution in [2.24, 2.45) is 16.8 Å². The molecule has 0 saturated heterocycles. The molecule has 0 unspecified atom stereocenters. The van der Waals surface area contributed by atoms with Gasteiger partial charge in [-0.25, -0.2) is 0 Å². The maximum absolute atomic E-state index is 4.63. The van der Waals surface area contributed by atoms with Crippen LogP contribution in [0.2, 0.25) is 0 Å². The van der Waals surface area contributed by atoms with Gasteiger partial charge in [0, 0.05) is 18.7 Å². The summed E-state index contributed by atoms with van der Waals surface area (Å²) in [6, 6.07) is 0. The van der Waals surface area contributed by atoms with Gasteiger partial charge in [0.05, 0.1) is 10.1 Å². The van der Waals surface area contributed by atoms with Crippen molar-refractivity contribution in [3.63, 3.8) is 0 Å². The summed E-state index contributed by atoms with van der Waals surface area (Å²) in [6.45, 7) is 11.0. The fraction of sp³-hybridized carbons (Fsp3) is 0.737. The Balaban J connectivity index is 2.89. The van der Waals surface area contributed by atoms with Crippen LogP contribution in [0.15, 0.2) is 27.4 Å². The highest BCUT2D eigenvalue weighted by Gasteiger charge is 2.21. The summed E-state index contributed by atoms with van der Waals surface area (Å²) < 4.78 is 0. The molecule has 1 fully saturated rings. The normalized spacial score (nSPS) is 19.4. The van der Waals surface area contributed by atoms with E-state index in [9.17, 15) is 0 Å². The van der Waals surface area contributed by atoms with E-state index in [-0.39, 0.29) is 0 Å². The minimum Gasteiger partial charge on any atom is -0.353 e.